The average Bonchev–Trinajstić information content (AvgIpc) is 2.48. The fraction of sp³-hybridized carbons (Fsp3) is 0.188. The summed E-state index contributed by atoms with van der Waals surface area (Å²) in [4.78, 5) is 12.1. The summed E-state index contributed by atoms with van der Waals surface area (Å²) >= 11 is 5.79. The van der Waals surface area contributed by atoms with Gasteiger partial charge in [-0.25, -0.2) is 4.39 Å². The first-order valence-electron chi connectivity index (χ1n) is 6.60. The number of benzene rings is 2. The van der Waals surface area contributed by atoms with E-state index >= 15 is 0 Å². The van der Waals surface area contributed by atoms with Crippen molar-refractivity contribution in [3.8, 4) is 5.75 Å². The Morgan fingerprint density at radius 1 is 1.29 bits per heavy atom. The van der Waals surface area contributed by atoms with Crippen molar-refractivity contribution >= 4 is 23.2 Å². The lowest BCUT2D eigenvalue weighted by Gasteiger charge is -2.12. The molecule has 0 atom stereocenters. The van der Waals surface area contributed by atoms with Crippen LogP contribution in [0.25, 0.3) is 0 Å². The molecule has 1 N–H and O–H groups in total. The summed E-state index contributed by atoms with van der Waals surface area (Å²) in [6.07, 6.45) is 0.852. The van der Waals surface area contributed by atoms with Gasteiger partial charge in [-0.15, -0.1) is 0 Å². The Morgan fingerprint density at radius 2 is 2.05 bits per heavy atom. The molecule has 0 radical (unpaired) electrons. The molecular formula is C16H15ClFNO2. The second-order valence-electron chi connectivity index (χ2n) is 4.42. The number of carbonyl (C=O) groups excluding carboxylic acids is 1. The smallest absolute Gasteiger partial charge is 0.258 e. The lowest BCUT2D eigenvalue weighted by Crippen LogP contribution is -2.14. The standard InChI is InChI=1S/C16H15ClFNO2/c1-2-9-21-15-6-4-3-5-14(15)19-16(20)12-10-11(17)7-8-13(12)18/h3-8,10H,2,9H2,1H3,(H,19,20). The molecule has 0 aliphatic rings. The van der Waals surface area contributed by atoms with Gasteiger partial charge < -0.3 is 10.1 Å². The maximum Gasteiger partial charge on any atom is 0.258 e. The molecule has 21 heavy (non-hydrogen) atoms. The van der Waals surface area contributed by atoms with Crippen LogP contribution in [0.2, 0.25) is 5.02 Å². The summed E-state index contributed by atoms with van der Waals surface area (Å²) in [6, 6.07) is 10.9. The number of anilines is 1. The van der Waals surface area contributed by atoms with Gasteiger partial charge in [0.25, 0.3) is 5.91 Å². The van der Waals surface area contributed by atoms with Crippen LogP contribution in [-0.4, -0.2) is 12.5 Å². The van der Waals surface area contributed by atoms with Crippen LogP contribution in [0.3, 0.4) is 0 Å². The van der Waals surface area contributed by atoms with Crippen LogP contribution in [0.1, 0.15) is 23.7 Å². The summed E-state index contributed by atoms with van der Waals surface area (Å²) in [5.41, 5.74) is 0.392. The largest absolute Gasteiger partial charge is 0.491 e. The summed E-state index contributed by atoms with van der Waals surface area (Å²) < 4.78 is 19.2. The van der Waals surface area contributed by atoms with Crippen LogP contribution < -0.4 is 10.1 Å². The van der Waals surface area contributed by atoms with Crippen LogP contribution >= 0.6 is 11.6 Å². The molecule has 5 heteroatoms. The third-order valence-corrected chi connectivity index (χ3v) is 3.01. The van der Waals surface area contributed by atoms with E-state index in [-0.39, 0.29) is 5.56 Å². The second-order valence-corrected chi connectivity index (χ2v) is 4.86. The van der Waals surface area contributed by atoms with E-state index in [0.717, 1.165) is 12.5 Å². The predicted molar refractivity (Wildman–Crippen MR) is 81.6 cm³/mol. The van der Waals surface area contributed by atoms with E-state index in [2.05, 4.69) is 5.32 Å². The van der Waals surface area contributed by atoms with E-state index in [9.17, 15) is 9.18 Å². The Bertz CT molecular complexity index is 646. The SMILES string of the molecule is CCCOc1ccccc1NC(=O)c1cc(Cl)ccc1F. The zero-order chi connectivity index (χ0) is 15.2. The Hall–Kier alpha value is -2.07. The van der Waals surface area contributed by atoms with Crippen LogP contribution in [0.4, 0.5) is 10.1 Å². The summed E-state index contributed by atoms with van der Waals surface area (Å²) in [6.45, 7) is 2.53. The van der Waals surface area contributed by atoms with Gasteiger partial charge in [-0.1, -0.05) is 30.7 Å². The van der Waals surface area contributed by atoms with Crippen LogP contribution in [0, 0.1) is 5.82 Å². The van der Waals surface area contributed by atoms with Crippen molar-refractivity contribution in [3.05, 3.63) is 58.9 Å². The number of carbonyl (C=O) groups is 1. The molecule has 0 aliphatic heterocycles. The van der Waals surface area contributed by atoms with Crippen LogP contribution in [-0.2, 0) is 0 Å². The van der Waals surface area contributed by atoms with Gasteiger partial charge in [0.15, 0.2) is 0 Å². The minimum Gasteiger partial charge on any atom is -0.491 e. The Kier molecular flexibility index (Phi) is 5.17. The van der Waals surface area contributed by atoms with Gasteiger partial charge >= 0.3 is 0 Å². The van der Waals surface area contributed by atoms with Crippen molar-refractivity contribution in [2.45, 2.75) is 13.3 Å². The Morgan fingerprint density at radius 3 is 2.81 bits per heavy atom. The molecule has 3 nitrogen and oxygen atoms in total. The monoisotopic (exact) mass is 307 g/mol. The molecule has 1 amide bonds. The van der Waals surface area contributed by atoms with E-state index in [0.29, 0.717) is 23.1 Å². The average molecular weight is 308 g/mol. The molecule has 0 aliphatic carbocycles. The molecule has 2 rings (SSSR count). The van der Waals surface area contributed by atoms with E-state index in [1.807, 2.05) is 6.92 Å². The van der Waals surface area contributed by atoms with Gasteiger partial charge in [-0.05, 0) is 36.8 Å². The van der Waals surface area contributed by atoms with Crippen molar-refractivity contribution in [2.24, 2.45) is 0 Å². The molecule has 0 unspecified atom stereocenters. The highest BCUT2D eigenvalue weighted by Gasteiger charge is 2.14. The van der Waals surface area contributed by atoms with Crippen molar-refractivity contribution in [1.82, 2.24) is 0 Å². The first-order chi connectivity index (χ1) is 10.1. The lowest BCUT2D eigenvalue weighted by atomic mass is 10.2. The number of ether oxygens (including phenoxy) is 1. The molecule has 0 saturated heterocycles. The zero-order valence-corrected chi connectivity index (χ0v) is 12.3. The molecule has 0 heterocycles. The minimum absolute atomic E-state index is 0.104. The molecular weight excluding hydrogens is 293 g/mol. The minimum atomic E-state index is -0.621. The van der Waals surface area contributed by atoms with Gasteiger partial charge in [0.1, 0.15) is 11.6 Å². The number of hydrogen-bond donors (Lipinski definition) is 1. The molecule has 0 bridgehead atoms. The number of rotatable bonds is 5. The van der Waals surface area contributed by atoms with E-state index in [1.165, 1.54) is 12.1 Å². The van der Waals surface area contributed by atoms with Crippen molar-refractivity contribution < 1.29 is 13.9 Å². The predicted octanol–water partition coefficient (Wildman–Crippen LogP) is 4.52. The van der Waals surface area contributed by atoms with Gasteiger partial charge in [0, 0.05) is 5.02 Å². The number of halogens is 2. The summed E-state index contributed by atoms with van der Waals surface area (Å²) in [5.74, 6) is -0.637. The maximum absolute atomic E-state index is 13.7. The normalized spacial score (nSPS) is 10.2. The highest BCUT2D eigenvalue weighted by atomic mass is 35.5. The quantitative estimate of drug-likeness (QED) is 0.882. The molecule has 2 aromatic rings. The summed E-state index contributed by atoms with van der Waals surface area (Å²) in [5, 5.41) is 2.94. The van der Waals surface area contributed by atoms with E-state index < -0.39 is 11.7 Å². The number of para-hydroxylation sites is 2. The van der Waals surface area contributed by atoms with E-state index in [4.69, 9.17) is 16.3 Å². The first-order valence-corrected chi connectivity index (χ1v) is 6.98. The Labute approximate surface area is 127 Å². The summed E-state index contributed by atoms with van der Waals surface area (Å²) in [7, 11) is 0. The lowest BCUT2D eigenvalue weighted by molar-refractivity contribution is 0.102. The fourth-order valence-corrected chi connectivity index (χ4v) is 1.94. The molecule has 110 valence electrons. The van der Waals surface area contributed by atoms with Gasteiger partial charge in [0.05, 0.1) is 17.9 Å². The fourth-order valence-electron chi connectivity index (χ4n) is 1.77. The maximum atomic E-state index is 13.7. The molecule has 0 saturated carbocycles. The third kappa shape index (κ3) is 3.95. The van der Waals surface area contributed by atoms with Crippen LogP contribution in [0.5, 0.6) is 5.75 Å². The van der Waals surface area contributed by atoms with Crippen molar-refractivity contribution in [2.75, 3.05) is 11.9 Å². The molecule has 2 aromatic carbocycles. The van der Waals surface area contributed by atoms with Crippen molar-refractivity contribution in [1.29, 1.82) is 0 Å². The molecule has 0 aromatic heterocycles. The van der Waals surface area contributed by atoms with Gasteiger partial charge in [-0.3, -0.25) is 4.79 Å². The van der Waals surface area contributed by atoms with Gasteiger partial charge in [-0.2, -0.15) is 0 Å². The van der Waals surface area contributed by atoms with E-state index in [1.54, 1.807) is 24.3 Å². The number of hydrogen-bond acceptors (Lipinski definition) is 2. The van der Waals surface area contributed by atoms with Crippen molar-refractivity contribution in [3.63, 3.8) is 0 Å². The van der Waals surface area contributed by atoms with Gasteiger partial charge in [0.2, 0.25) is 0 Å². The third-order valence-electron chi connectivity index (χ3n) is 2.77. The highest BCUT2D eigenvalue weighted by molar-refractivity contribution is 6.31. The highest BCUT2D eigenvalue weighted by Crippen LogP contribution is 2.25. The number of amides is 1. The first kappa shape index (κ1) is 15.3. The molecule has 0 spiro atoms. The molecule has 0 fully saturated rings. The topological polar surface area (TPSA) is 38.3 Å². The number of nitrogens with one attached hydrogen (secondary N) is 1. The second kappa shape index (κ2) is 7.09. The zero-order valence-electron chi connectivity index (χ0n) is 11.5. The Balaban J connectivity index is 2.21. The van der Waals surface area contributed by atoms with Crippen LogP contribution in [0.15, 0.2) is 42.5 Å².